The van der Waals surface area contributed by atoms with Crippen LogP contribution in [0.15, 0.2) is 67.3 Å². The normalized spacial score (nSPS) is 10.5. The summed E-state index contributed by atoms with van der Waals surface area (Å²) < 4.78 is 10.1. The second-order valence-electron chi connectivity index (χ2n) is 4.63. The molecule has 0 saturated heterocycles. The summed E-state index contributed by atoms with van der Waals surface area (Å²) in [7, 11) is 0. The van der Waals surface area contributed by atoms with Crippen molar-refractivity contribution >= 4 is 27.7 Å². The molecule has 0 N–H and O–H groups in total. The van der Waals surface area contributed by atoms with Gasteiger partial charge in [0, 0.05) is 5.39 Å². The van der Waals surface area contributed by atoms with Gasteiger partial charge in [-0.25, -0.2) is 4.79 Å². The van der Waals surface area contributed by atoms with E-state index < -0.39 is 6.16 Å². The number of hydrogen-bond donors (Lipinski definition) is 0. The molecule has 0 heterocycles. The Morgan fingerprint density at radius 2 is 1.71 bits per heavy atom. The molecule has 0 aliphatic rings. The minimum absolute atomic E-state index is 0.131. The van der Waals surface area contributed by atoms with Gasteiger partial charge in [0.1, 0.15) is 12.4 Å². The van der Waals surface area contributed by atoms with Crippen LogP contribution in [0.2, 0.25) is 0 Å². The molecule has 0 radical (unpaired) electrons. The standard InChI is InChI=1S/C18H14O3/c1-2-10-20-18(19)21-17-9-5-8-15-11-13-6-3-4-7-14(13)12-16(15)17/h2-9,11-12H,1,10H2. The van der Waals surface area contributed by atoms with Crippen molar-refractivity contribution in [2.75, 3.05) is 6.61 Å². The largest absolute Gasteiger partial charge is 0.514 e. The van der Waals surface area contributed by atoms with Crippen LogP contribution in [0.3, 0.4) is 0 Å². The van der Waals surface area contributed by atoms with Crippen molar-refractivity contribution in [3.05, 3.63) is 67.3 Å². The lowest BCUT2D eigenvalue weighted by Gasteiger charge is -2.08. The summed E-state index contributed by atoms with van der Waals surface area (Å²) in [5.74, 6) is 0.493. The van der Waals surface area contributed by atoms with Crippen LogP contribution in [0.1, 0.15) is 0 Å². The second kappa shape index (κ2) is 5.67. The third-order valence-corrected chi connectivity index (χ3v) is 3.22. The smallest absolute Gasteiger partial charge is 0.430 e. The third-order valence-electron chi connectivity index (χ3n) is 3.22. The summed E-state index contributed by atoms with van der Waals surface area (Å²) in [6.45, 7) is 3.62. The summed E-state index contributed by atoms with van der Waals surface area (Å²) in [4.78, 5) is 11.6. The Balaban J connectivity index is 2.04. The molecule has 0 fully saturated rings. The minimum atomic E-state index is -0.726. The molecule has 0 atom stereocenters. The number of carbonyl (C=O) groups excluding carboxylic acids is 1. The van der Waals surface area contributed by atoms with Gasteiger partial charge in [0.25, 0.3) is 0 Å². The molecular formula is C18H14O3. The molecule has 0 aromatic heterocycles. The molecule has 3 nitrogen and oxygen atoms in total. The molecule has 0 saturated carbocycles. The van der Waals surface area contributed by atoms with Crippen molar-refractivity contribution in [2.24, 2.45) is 0 Å². The Hall–Kier alpha value is -2.81. The number of fused-ring (bicyclic) bond motifs is 2. The molecule has 3 aromatic carbocycles. The van der Waals surface area contributed by atoms with E-state index >= 15 is 0 Å². The van der Waals surface area contributed by atoms with Gasteiger partial charge in [0.2, 0.25) is 0 Å². The first-order chi connectivity index (χ1) is 10.3. The van der Waals surface area contributed by atoms with E-state index in [0.717, 1.165) is 21.5 Å². The second-order valence-corrected chi connectivity index (χ2v) is 4.63. The van der Waals surface area contributed by atoms with E-state index in [2.05, 4.69) is 18.7 Å². The number of hydrogen-bond acceptors (Lipinski definition) is 3. The fourth-order valence-corrected chi connectivity index (χ4v) is 2.27. The minimum Gasteiger partial charge on any atom is -0.430 e. The first-order valence-electron chi connectivity index (χ1n) is 6.65. The van der Waals surface area contributed by atoms with Gasteiger partial charge >= 0.3 is 6.16 Å². The molecule has 0 bridgehead atoms. The van der Waals surface area contributed by atoms with E-state index in [9.17, 15) is 4.79 Å². The van der Waals surface area contributed by atoms with Gasteiger partial charge in [-0.1, -0.05) is 49.1 Å². The maximum atomic E-state index is 11.6. The zero-order valence-electron chi connectivity index (χ0n) is 11.4. The number of rotatable bonds is 3. The van der Waals surface area contributed by atoms with E-state index in [1.54, 1.807) is 6.07 Å². The maximum Gasteiger partial charge on any atom is 0.514 e. The molecule has 3 rings (SSSR count). The Kier molecular flexibility index (Phi) is 3.56. The van der Waals surface area contributed by atoms with Crippen molar-refractivity contribution in [1.82, 2.24) is 0 Å². The molecular weight excluding hydrogens is 264 g/mol. The van der Waals surface area contributed by atoms with Crippen LogP contribution in [-0.2, 0) is 4.74 Å². The quantitative estimate of drug-likeness (QED) is 0.301. The first-order valence-corrected chi connectivity index (χ1v) is 6.65. The number of carbonyl (C=O) groups is 1. The Morgan fingerprint density at radius 3 is 2.48 bits per heavy atom. The topological polar surface area (TPSA) is 35.5 Å². The van der Waals surface area contributed by atoms with Crippen molar-refractivity contribution in [1.29, 1.82) is 0 Å². The lowest BCUT2D eigenvalue weighted by Crippen LogP contribution is -2.10. The van der Waals surface area contributed by atoms with Gasteiger partial charge in [-0.3, -0.25) is 0 Å². The van der Waals surface area contributed by atoms with Crippen molar-refractivity contribution < 1.29 is 14.3 Å². The van der Waals surface area contributed by atoms with Gasteiger partial charge in [0.05, 0.1) is 0 Å². The SMILES string of the molecule is C=CCOC(=O)Oc1cccc2cc3ccccc3cc12. The Labute approximate surface area is 122 Å². The number of benzene rings is 3. The van der Waals surface area contributed by atoms with E-state index in [4.69, 9.17) is 9.47 Å². The highest BCUT2D eigenvalue weighted by atomic mass is 16.7. The average Bonchev–Trinajstić information content (AvgIpc) is 2.51. The van der Waals surface area contributed by atoms with Crippen LogP contribution in [0.25, 0.3) is 21.5 Å². The molecule has 104 valence electrons. The molecule has 3 heteroatoms. The van der Waals surface area contributed by atoms with Gasteiger partial charge < -0.3 is 9.47 Å². The van der Waals surface area contributed by atoms with E-state index in [0.29, 0.717) is 5.75 Å². The van der Waals surface area contributed by atoms with Crippen LogP contribution >= 0.6 is 0 Å². The summed E-state index contributed by atoms with van der Waals surface area (Å²) in [5, 5.41) is 4.14. The third kappa shape index (κ3) is 2.72. The highest BCUT2D eigenvalue weighted by Crippen LogP contribution is 2.30. The zero-order valence-corrected chi connectivity index (χ0v) is 11.4. The van der Waals surface area contributed by atoms with Crippen LogP contribution < -0.4 is 4.74 Å². The van der Waals surface area contributed by atoms with Crippen LogP contribution in [-0.4, -0.2) is 12.8 Å². The monoisotopic (exact) mass is 278 g/mol. The van der Waals surface area contributed by atoms with Crippen molar-refractivity contribution in [2.45, 2.75) is 0 Å². The van der Waals surface area contributed by atoms with E-state index in [-0.39, 0.29) is 6.61 Å². The van der Waals surface area contributed by atoms with E-state index in [1.165, 1.54) is 6.08 Å². The molecule has 21 heavy (non-hydrogen) atoms. The van der Waals surface area contributed by atoms with Gasteiger partial charge in [-0.2, -0.15) is 0 Å². The fraction of sp³-hybridized carbons (Fsp3) is 0.0556. The highest BCUT2D eigenvalue weighted by Gasteiger charge is 2.09. The Bertz CT molecular complexity index is 821. The predicted molar refractivity (Wildman–Crippen MR) is 83.6 cm³/mol. The maximum absolute atomic E-state index is 11.6. The van der Waals surface area contributed by atoms with Gasteiger partial charge in [-0.05, 0) is 34.4 Å². The number of ether oxygens (including phenoxy) is 2. The molecule has 0 spiro atoms. The van der Waals surface area contributed by atoms with Crippen LogP contribution in [0, 0.1) is 0 Å². The first kappa shape index (κ1) is 13.2. The summed E-state index contributed by atoms with van der Waals surface area (Å²) in [6, 6.07) is 17.8. The zero-order chi connectivity index (χ0) is 14.7. The molecule has 0 unspecified atom stereocenters. The lowest BCUT2D eigenvalue weighted by molar-refractivity contribution is 0.110. The van der Waals surface area contributed by atoms with E-state index in [1.807, 2.05) is 36.4 Å². The molecule has 3 aromatic rings. The van der Waals surface area contributed by atoms with Gasteiger partial charge in [-0.15, -0.1) is 0 Å². The lowest BCUT2D eigenvalue weighted by atomic mass is 10.0. The van der Waals surface area contributed by atoms with Crippen LogP contribution in [0.4, 0.5) is 4.79 Å². The molecule has 0 aliphatic heterocycles. The summed E-state index contributed by atoms with van der Waals surface area (Å²) >= 11 is 0. The highest BCUT2D eigenvalue weighted by molar-refractivity contribution is 6.01. The Morgan fingerprint density at radius 1 is 1.00 bits per heavy atom. The predicted octanol–water partition coefficient (Wildman–Crippen LogP) is 4.69. The molecule has 0 amide bonds. The fourth-order valence-electron chi connectivity index (χ4n) is 2.27. The van der Waals surface area contributed by atoms with Crippen molar-refractivity contribution in [3.8, 4) is 5.75 Å². The van der Waals surface area contributed by atoms with Crippen LogP contribution in [0.5, 0.6) is 5.75 Å². The average molecular weight is 278 g/mol. The summed E-state index contributed by atoms with van der Waals surface area (Å²) in [5.41, 5.74) is 0. The van der Waals surface area contributed by atoms with Gasteiger partial charge in [0.15, 0.2) is 0 Å². The summed E-state index contributed by atoms with van der Waals surface area (Å²) in [6.07, 6.45) is 0.772. The van der Waals surface area contributed by atoms with Crippen molar-refractivity contribution in [3.63, 3.8) is 0 Å². The molecule has 0 aliphatic carbocycles.